The summed E-state index contributed by atoms with van der Waals surface area (Å²) >= 11 is 3.28. The Morgan fingerprint density at radius 3 is 2.72 bits per heavy atom. The molecule has 6 heteroatoms. The molecule has 1 aromatic heterocycles. The number of aromatic nitrogens is 2. The standard InChI is InChI=1S/C12H16N4S2/c1-8-15-16-11(18-8)17-7-12(6-13,9-2-3-9)14-10-4-5-10/h9-10,14H,2-5,7H2,1H3. The maximum absolute atomic E-state index is 9.59. The van der Waals surface area contributed by atoms with E-state index in [0.717, 1.165) is 15.1 Å². The molecule has 2 aliphatic carbocycles. The molecule has 0 aliphatic heterocycles. The van der Waals surface area contributed by atoms with Gasteiger partial charge in [0.05, 0.1) is 6.07 Å². The molecule has 1 heterocycles. The fourth-order valence-electron chi connectivity index (χ4n) is 2.11. The number of nitrogens with zero attached hydrogens (tertiary/aromatic N) is 3. The predicted molar refractivity (Wildman–Crippen MR) is 72.6 cm³/mol. The number of hydrogen-bond donors (Lipinski definition) is 1. The Morgan fingerprint density at radius 2 is 2.22 bits per heavy atom. The topological polar surface area (TPSA) is 61.6 Å². The average molecular weight is 280 g/mol. The van der Waals surface area contributed by atoms with Gasteiger partial charge in [-0.1, -0.05) is 23.1 Å². The molecule has 18 heavy (non-hydrogen) atoms. The minimum Gasteiger partial charge on any atom is -0.296 e. The molecule has 2 aliphatic rings. The summed E-state index contributed by atoms with van der Waals surface area (Å²) in [6, 6.07) is 3.12. The zero-order chi connectivity index (χ0) is 12.6. The number of aryl methyl sites for hydroxylation is 1. The second-order valence-electron chi connectivity index (χ2n) is 5.15. The summed E-state index contributed by atoms with van der Waals surface area (Å²) in [6.45, 7) is 1.96. The fraction of sp³-hybridized carbons (Fsp3) is 0.750. The Labute approximate surface area is 115 Å². The molecule has 2 saturated carbocycles. The number of thioether (sulfide) groups is 1. The molecule has 0 saturated heterocycles. The van der Waals surface area contributed by atoms with Crippen molar-refractivity contribution in [2.75, 3.05) is 5.75 Å². The van der Waals surface area contributed by atoms with Crippen molar-refractivity contribution in [3.05, 3.63) is 5.01 Å². The number of hydrogen-bond acceptors (Lipinski definition) is 6. The molecule has 0 spiro atoms. The summed E-state index contributed by atoms with van der Waals surface area (Å²) in [5.41, 5.74) is -0.342. The number of nitrogens with one attached hydrogen (secondary N) is 1. The summed E-state index contributed by atoms with van der Waals surface area (Å²) in [6.07, 6.45) is 4.81. The first-order chi connectivity index (χ1) is 8.72. The zero-order valence-electron chi connectivity index (χ0n) is 10.3. The Kier molecular flexibility index (Phi) is 3.31. The van der Waals surface area contributed by atoms with Gasteiger partial charge in [0.15, 0.2) is 4.34 Å². The minimum atomic E-state index is -0.342. The molecule has 0 amide bonds. The van der Waals surface area contributed by atoms with Crippen LogP contribution >= 0.6 is 23.1 Å². The second kappa shape index (κ2) is 4.80. The van der Waals surface area contributed by atoms with Crippen molar-refractivity contribution in [1.29, 1.82) is 5.26 Å². The van der Waals surface area contributed by atoms with Gasteiger partial charge in [0.2, 0.25) is 0 Å². The van der Waals surface area contributed by atoms with Crippen LogP contribution in [0.15, 0.2) is 4.34 Å². The van der Waals surface area contributed by atoms with E-state index in [0.29, 0.717) is 12.0 Å². The van der Waals surface area contributed by atoms with Crippen LogP contribution in [-0.4, -0.2) is 27.5 Å². The van der Waals surface area contributed by atoms with Crippen LogP contribution in [0.2, 0.25) is 0 Å². The quantitative estimate of drug-likeness (QED) is 0.811. The van der Waals surface area contributed by atoms with E-state index < -0.39 is 0 Å². The van der Waals surface area contributed by atoms with Crippen molar-refractivity contribution in [2.45, 2.75) is 48.5 Å². The Hall–Kier alpha value is -0.640. The summed E-state index contributed by atoms with van der Waals surface area (Å²) in [5, 5.41) is 22.3. The normalized spacial score (nSPS) is 22.4. The molecular weight excluding hydrogens is 264 g/mol. The Balaban J connectivity index is 1.67. The molecule has 2 fully saturated rings. The highest BCUT2D eigenvalue weighted by atomic mass is 32.2. The highest BCUT2D eigenvalue weighted by molar-refractivity contribution is 8.01. The summed E-state index contributed by atoms with van der Waals surface area (Å²) in [4.78, 5) is 0. The van der Waals surface area contributed by atoms with E-state index in [-0.39, 0.29) is 5.54 Å². The van der Waals surface area contributed by atoms with Gasteiger partial charge in [-0.3, -0.25) is 5.32 Å². The third-order valence-corrected chi connectivity index (χ3v) is 5.61. The molecule has 96 valence electrons. The third-order valence-electron chi connectivity index (χ3n) is 3.44. The van der Waals surface area contributed by atoms with Gasteiger partial charge < -0.3 is 0 Å². The summed E-state index contributed by atoms with van der Waals surface area (Å²) in [7, 11) is 0. The lowest BCUT2D eigenvalue weighted by molar-refractivity contribution is 0.401. The first-order valence-electron chi connectivity index (χ1n) is 6.34. The van der Waals surface area contributed by atoms with E-state index in [1.54, 1.807) is 23.1 Å². The summed E-state index contributed by atoms with van der Waals surface area (Å²) in [5.74, 6) is 1.32. The average Bonchev–Trinajstić information content (AvgIpc) is 3.25. The van der Waals surface area contributed by atoms with Crippen molar-refractivity contribution < 1.29 is 0 Å². The molecule has 4 nitrogen and oxygen atoms in total. The van der Waals surface area contributed by atoms with Crippen molar-refractivity contribution in [1.82, 2.24) is 15.5 Å². The number of rotatable bonds is 6. The second-order valence-corrected chi connectivity index (χ2v) is 7.56. The molecule has 1 unspecified atom stereocenters. The van der Waals surface area contributed by atoms with Crippen LogP contribution in [-0.2, 0) is 0 Å². The lowest BCUT2D eigenvalue weighted by Crippen LogP contribution is -2.49. The van der Waals surface area contributed by atoms with Crippen LogP contribution in [0.25, 0.3) is 0 Å². The largest absolute Gasteiger partial charge is 0.296 e. The van der Waals surface area contributed by atoms with Crippen LogP contribution in [0.3, 0.4) is 0 Å². The maximum atomic E-state index is 9.59. The minimum absolute atomic E-state index is 0.342. The van der Waals surface area contributed by atoms with Crippen LogP contribution < -0.4 is 5.32 Å². The van der Waals surface area contributed by atoms with E-state index in [4.69, 9.17) is 0 Å². The lowest BCUT2D eigenvalue weighted by atomic mass is 9.97. The zero-order valence-corrected chi connectivity index (χ0v) is 12.0. The molecular formula is C12H16N4S2. The van der Waals surface area contributed by atoms with E-state index in [1.807, 2.05) is 6.92 Å². The van der Waals surface area contributed by atoms with Crippen LogP contribution in [0.5, 0.6) is 0 Å². The van der Waals surface area contributed by atoms with Gasteiger partial charge in [-0.25, -0.2) is 0 Å². The Bertz CT molecular complexity index is 473. The van der Waals surface area contributed by atoms with Gasteiger partial charge in [-0.05, 0) is 38.5 Å². The monoisotopic (exact) mass is 280 g/mol. The van der Waals surface area contributed by atoms with Crippen molar-refractivity contribution in [3.8, 4) is 6.07 Å². The number of nitriles is 1. The summed E-state index contributed by atoms with van der Waals surface area (Å²) < 4.78 is 0.977. The van der Waals surface area contributed by atoms with Crippen LogP contribution in [0, 0.1) is 24.2 Å². The fourth-order valence-corrected chi connectivity index (χ4v) is 4.14. The molecule has 0 aromatic carbocycles. The molecule has 1 N–H and O–H groups in total. The van der Waals surface area contributed by atoms with Gasteiger partial charge in [0.1, 0.15) is 10.5 Å². The third kappa shape index (κ3) is 2.68. The van der Waals surface area contributed by atoms with Crippen LogP contribution in [0.4, 0.5) is 0 Å². The van der Waals surface area contributed by atoms with Gasteiger partial charge in [0.25, 0.3) is 0 Å². The van der Waals surface area contributed by atoms with Gasteiger partial charge >= 0.3 is 0 Å². The van der Waals surface area contributed by atoms with Crippen molar-refractivity contribution in [2.24, 2.45) is 5.92 Å². The van der Waals surface area contributed by atoms with E-state index in [2.05, 4.69) is 21.6 Å². The first-order valence-corrected chi connectivity index (χ1v) is 8.14. The Morgan fingerprint density at radius 1 is 1.44 bits per heavy atom. The van der Waals surface area contributed by atoms with Crippen LogP contribution in [0.1, 0.15) is 30.7 Å². The molecule has 1 aromatic rings. The highest BCUT2D eigenvalue weighted by Gasteiger charge is 2.48. The van der Waals surface area contributed by atoms with Crippen molar-refractivity contribution >= 4 is 23.1 Å². The van der Waals surface area contributed by atoms with Gasteiger partial charge in [-0.2, -0.15) is 5.26 Å². The van der Waals surface area contributed by atoms with E-state index >= 15 is 0 Å². The van der Waals surface area contributed by atoms with E-state index in [9.17, 15) is 5.26 Å². The first kappa shape index (κ1) is 12.4. The molecule has 0 radical (unpaired) electrons. The van der Waals surface area contributed by atoms with Crippen molar-refractivity contribution in [3.63, 3.8) is 0 Å². The highest BCUT2D eigenvalue weighted by Crippen LogP contribution is 2.43. The SMILES string of the molecule is Cc1nnc(SCC(C#N)(NC2CC2)C2CC2)s1. The lowest BCUT2D eigenvalue weighted by Gasteiger charge is -2.27. The predicted octanol–water partition coefficient (Wildman–Crippen LogP) is 2.36. The smallest absolute Gasteiger partial charge is 0.174 e. The maximum Gasteiger partial charge on any atom is 0.174 e. The van der Waals surface area contributed by atoms with E-state index in [1.165, 1.54) is 25.7 Å². The molecule has 3 rings (SSSR count). The van der Waals surface area contributed by atoms with Gasteiger partial charge in [-0.15, -0.1) is 10.2 Å². The molecule has 0 bridgehead atoms. The molecule has 1 atom stereocenters. The van der Waals surface area contributed by atoms with Gasteiger partial charge in [0, 0.05) is 11.8 Å².